The van der Waals surface area contributed by atoms with Crippen LogP contribution in [-0.2, 0) is 6.54 Å². The van der Waals surface area contributed by atoms with Gasteiger partial charge in [-0.3, -0.25) is 4.90 Å². The Bertz CT molecular complexity index is 967. The second kappa shape index (κ2) is 8.67. The number of thiazole rings is 1. The van der Waals surface area contributed by atoms with Crippen molar-refractivity contribution in [3.63, 3.8) is 0 Å². The van der Waals surface area contributed by atoms with Crippen molar-refractivity contribution < 1.29 is 13.6 Å². The van der Waals surface area contributed by atoms with Crippen LogP contribution in [0.15, 0.2) is 53.9 Å². The van der Waals surface area contributed by atoms with Crippen LogP contribution in [0, 0.1) is 11.6 Å². The number of anilines is 1. The molecule has 1 aromatic heterocycles. The first kappa shape index (κ1) is 19.5. The van der Waals surface area contributed by atoms with Gasteiger partial charge in [0.2, 0.25) is 0 Å². The van der Waals surface area contributed by atoms with E-state index >= 15 is 0 Å². The monoisotopic (exact) mass is 414 g/mol. The molecule has 0 spiro atoms. The molecule has 29 heavy (non-hydrogen) atoms. The molecule has 1 N–H and O–H groups in total. The molecule has 2 aromatic carbocycles. The minimum atomic E-state index is -0.332. The first-order valence-electron chi connectivity index (χ1n) is 9.31. The Kier molecular flexibility index (Phi) is 5.82. The van der Waals surface area contributed by atoms with Crippen molar-refractivity contribution in [2.24, 2.45) is 0 Å². The summed E-state index contributed by atoms with van der Waals surface area (Å²) in [5, 5.41) is 5.77. The van der Waals surface area contributed by atoms with Gasteiger partial charge in [-0.05, 0) is 48.5 Å². The third-order valence-electron chi connectivity index (χ3n) is 4.81. The summed E-state index contributed by atoms with van der Waals surface area (Å²) in [6.07, 6.45) is 0. The zero-order valence-electron chi connectivity index (χ0n) is 15.6. The number of carbonyl (C=O) groups excluding carboxylic acids is 1. The molecule has 0 aliphatic carbocycles. The third kappa shape index (κ3) is 4.96. The van der Waals surface area contributed by atoms with Crippen LogP contribution < -0.4 is 5.32 Å². The first-order valence-corrected chi connectivity index (χ1v) is 10.2. The van der Waals surface area contributed by atoms with Gasteiger partial charge in [-0.25, -0.2) is 18.6 Å². The third-order valence-corrected chi connectivity index (χ3v) is 5.64. The van der Waals surface area contributed by atoms with Crippen LogP contribution >= 0.6 is 11.3 Å². The number of rotatable bonds is 4. The van der Waals surface area contributed by atoms with Gasteiger partial charge in [0.15, 0.2) is 0 Å². The summed E-state index contributed by atoms with van der Waals surface area (Å²) in [5.41, 5.74) is 2.33. The van der Waals surface area contributed by atoms with Gasteiger partial charge in [-0.15, -0.1) is 11.3 Å². The van der Waals surface area contributed by atoms with Gasteiger partial charge < -0.3 is 10.2 Å². The molecule has 5 nitrogen and oxygen atoms in total. The minimum Gasteiger partial charge on any atom is -0.322 e. The lowest BCUT2D eigenvalue weighted by Crippen LogP contribution is -2.49. The second-order valence-corrected chi connectivity index (χ2v) is 7.78. The zero-order valence-corrected chi connectivity index (χ0v) is 16.5. The molecule has 0 atom stereocenters. The standard InChI is InChI=1S/C21H20F2N4OS/c22-16-3-1-15(2-4-16)19-14-29-20(25-19)13-26-9-11-27(12-10-26)21(28)24-18-7-5-17(23)6-8-18/h1-8,14H,9-13H2,(H,24,28). The smallest absolute Gasteiger partial charge is 0.321 e. The molecule has 150 valence electrons. The molecule has 1 aliphatic heterocycles. The van der Waals surface area contributed by atoms with Gasteiger partial charge >= 0.3 is 6.03 Å². The second-order valence-electron chi connectivity index (χ2n) is 6.83. The van der Waals surface area contributed by atoms with E-state index in [1.54, 1.807) is 40.5 Å². The average molecular weight is 414 g/mol. The Morgan fingerprint density at radius 3 is 2.24 bits per heavy atom. The number of urea groups is 1. The number of aromatic nitrogens is 1. The van der Waals surface area contributed by atoms with Gasteiger partial charge in [0.25, 0.3) is 0 Å². The normalized spacial score (nSPS) is 14.8. The molecule has 1 aliphatic rings. The van der Waals surface area contributed by atoms with Crippen LogP contribution in [0.4, 0.5) is 19.3 Å². The Labute approximate surface area is 171 Å². The van der Waals surface area contributed by atoms with E-state index < -0.39 is 0 Å². The van der Waals surface area contributed by atoms with E-state index in [1.807, 2.05) is 5.38 Å². The van der Waals surface area contributed by atoms with E-state index in [0.717, 1.165) is 35.9 Å². The average Bonchev–Trinajstić information content (AvgIpc) is 3.19. The molecule has 4 rings (SSSR count). The zero-order chi connectivity index (χ0) is 20.2. The van der Waals surface area contributed by atoms with E-state index in [4.69, 9.17) is 0 Å². The number of carbonyl (C=O) groups is 1. The lowest BCUT2D eigenvalue weighted by Gasteiger charge is -2.34. The first-order chi connectivity index (χ1) is 14.1. The molecule has 8 heteroatoms. The van der Waals surface area contributed by atoms with E-state index in [0.29, 0.717) is 18.8 Å². The number of nitrogens with zero attached hydrogens (tertiary/aromatic N) is 3. The van der Waals surface area contributed by atoms with Gasteiger partial charge in [-0.2, -0.15) is 0 Å². The van der Waals surface area contributed by atoms with Crippen LogP contribution in [0.25, 0.3) is 11.3 Å². The quantitative estimate of drug-likeness (QED) is 0.687. The maximum Gasteiger partial charge on any atom is 0.321 e. The molecule has 0 saturated carbocycles. The summed E-state index contributed by atoms with van der Waals surface area (Å²) < 4.78 is 26.0. The molecule has 1 saturated heterocycles. The summed E-state index contributed by atoms with van der Waals surface area (Å²) in [4.78, 5) is 21.0. The molecule has 0 bridgehead atoms. The van der Waals surface area contributed by atoms with Gasteiger partial charge in [-0.1, -0.05) is 0 Å². The summed E-state index contributed by atoms with van der Waals surface area (Å²) >= 11 is 1.58. The fourth-order valence-corrected chi connectivity index (χ4v) is 4.02. The molecule has 2 amide bonds. The number of hydrogen-bond acceptors (Lipinski definition) is 4. The topological polar surface area (TPSA) is 48.5 Å². The van der Waals surface area contributed by atoms with Crippen molar-refractivity contribution >= 4 is 23.1 Å². The summed E-state index contributed by atoms with van der Waals surface area (Å²) in [6, 6.07) is 11.9. The van der Waals surface area contributed by atoms with Crippen molar-refractivity contribution in [3.8, 4) is 11.3 Å². The van der Waals surface area contributed by atoms with Crippen molar-refractivity contribution in [1.29, 1.82) is 0 Å². The Morgan fingerprint density at radius 1 is 0.966 bits per heavy atom. The highest BCUT2D eigenvalue weighted by atomic mass is 32.1. The van der Waals surface area contributed by atoms with Crippen LogP contribution in [-0.4, -0.2) is 47.0 Å². The molecule has 3 aromatic rings. The van der Waals surface area contributed by atoms with E-state index in [2.05, 4.69) is 15.2 Å². The molecule has 0 unspecified atom stereocenters. The summed E-state index contributed by atoms with van der Waals surface area (Å²) in [7, 11) is 0. The predicted octanol–water partition coefficient (Wildman–Crippen LogP) is 4.44. The molecule has 2 heterocycles. The highest BCUT2D eigenvalue weighted by Crippen LogP contribution is 2.23. The SMILES string of the molecule is O=C(Nc1ccc(F)cc1)N1CCN(Cc2nc(-c3ccc(F)cc3)cs2)CC1. The molecule has 0 radical (unpaired) electrons. The lowest BCUT2D eigenvalue weighted by molar-refractivity contribution is 0.143. The Balaban J connectivity index is 1.28. The fourth-order valence-electron chi connectivity index (χ4n) is 3.17. The lowest BCUT2D eigenvalue weighted by atomic mass is 10.2. The maximum absolute atomic E-state index is 13.1. The van der Waals surface area contributed by atoms with Gasteiger partial charge in [0.1, 0.15) is 16.6 Å². The number of amides is 2. The number of hydrogen-bond donors (Lipinski definition) is 1. The van der Waals surface area contributed by atoms with Gasteiger partial charge in [0.05, 0.1) is 12.2 Å². The number of nitrogens with one attached hydrogen (secondary N) is 1. The summed E-state index contributed by atoms with van der Waals surface area (Å²) in [6.45, 7) is 3.45. The molecule has 1 fully saturated rings. The maximum atomic E-state index is 13.1. The predicted molar refractivity (Wildman–Crippen MR) is 110 cm³/mol. The van der Waals surface area contributed by atoms with Crippen molar-refractivity contribution in [1.82, 2.24) is 14.8 Å². The van der Waals surface area contributed by atoms with Crippen molar-refractivity contribution in [3.05, 3.63) is 70.6 Å². The number of halogens is 2. The largest absolute Gasteiger partial charge is 0.322 e. The van der Waals surface area contributed by atoms with Gasteiger partial charge in [0, 0.05) is 42.8 Å². The Morgan fingerprint density at radius 2 is 1.59 bits per heavy atom. The summed E-state index contributed by atoms with van der Waals surface area (Å²) in [5.74, 6) is -0.591. The van der Waals surface area contributed by atoms with E-state index in [-0.39, 0.29) is 17.7 Å². The van der Waals surface area contributed by atoms with Crippen LogP contribution in [0.1, 0.15) is 5.01 Å². The number of piperazine rings is 1. The van der Waals surface area contributed by atoms with E-state index in [9.17, 15) is 13.6 Å². The highest BCUT2D eigenvalue weighted by Gasteiger charge is 2.22. The van der Waals surface area contributed by atoms with E-state index in [1.165, 1.54) is 24.3 Å². The molecular weight excluding hydrogens is 394 g/mol. The van der Waals surface area contributed by atoms with Crippen LogP contribution in [0.5, 0.6) is 0 Å². The van der Waals surface area contributed by atoms with Crippen LogP contribution in [0.3, 0.4) is 0 Å². The van der Waals surface area contributed by atoms with Crippen molar-refractivity contribution in [2.45, 2.75) is 6.54 Å². The number of benzene rings is 2. The highest BCUT2D eigenvalue weighted by molar-refractivity contribution is 7.09. The minimum absolute atomic E-state index is 0.177. The van der Waals surface area contributed by atoms with Crippen molar-refractivity contribution in [2.75, 3.05) is 31.5 Å². The molecular formula is C21H20F2N4OS. The van der Waals surface area contributed by atoms with Crippen LogP contribution in [0.2, 0.25) is 0 Å². The fraction of sp³-hybridized carbons (Fsp3) is 0.238. The Hall–Kier alpha value is -2.84.